The molecule has 0 spiro atoms. The second-order valence-electron chi connectivity index (χ2n) is 5.43. The number of anilines is 1. The fraction of sp³-hybridized carbons (Fsp3) is 0.667. The van der Waals surface area contributed by atoms with E-state index in [1.165, 1.54) is 31.4 Å². The molecule has 0 saturated carbocycles. The maximum atomic E-state index is 4.53. The molecule has 0 aliphatic carbocycles. The summed E-state index contributed by atoms with van der Waals surface area (Å²) < 4.78 is 1.09. The molecule has 1 aliphatic heterocycles. The van der Waals surface area contributed by atoms with E-state index in [0.717, 1.165) is 35.8 Å². The largest absolute Gasteiger partial charge is 0.357 e. The normalized spacial score (nSPS) is 16.9. The highest BCUT2D eigenvalue weighted by molar-refractivity contribution is 9.10. The summed E-state index contributed by atoms with van der Waals surface area (Å²) in [6, 6.07) is 2.18. The molecule has 0 bridgehead atoms. The Hall–Kier alpha value is -0.610. The van der Waals surface area contributed by atoms with Crippen LogP contribution in [0.5, 0.6) is 0 Å². The van der Waals surface area contributed by atoms with Crippen molar-refractivity contribution >= 4 is 21.7 Å². The first-order chi connectivity index (χ1) is 9.20. The quantitative estimate of drug-likeness (QED) is 0.841. The predicted molar refractivity (Wildman–Crippen MR) is 84.8 cm³/mol. The molecule has 1 aromatic heterocycles. The number of pyridine rings is 1. The Balaban J connectivity index is 1.84. The highest BCUT2D eigenvalue weighted by Gasteiger charge is 2.19. The van der Waals surface area contributed by atoms with Crippen LogP contribution in [0.3, 0.4) is 0 Å². The third kappa shape index (κ3) is 4.18. The van der Waals surface area contributed by atoms with Crippen molar-refractivity contribution in [1.29, 1.82) is 0 Å². The van der Waals surface area contributed by atoms with Crippen LogP contribution in [0.4, 0.5) is 5.82 Å². The number of aromatic nitrogens is 1. The zero-order valence-electron chi connectivity index (χ0n) is 12.0. The summed E-state index contributed by atoms with van der Waals surface area (Å²) >= 11 is 3.51. The standard InChI is InChI=1S/C15H24BrN3/c1-3-6-17-10-13-4-7-19(8-5-13)15-9-12(2)14(16)11-18-15/h9,11,13,17H,3-8,10H2,1-2H3. The van der Waals surface area contributed by atoms with Crippen molar-refractivity contribution in [1.82, 2.24) is 10.3 Å². The third-order valence-electron chi connectivity index (χ3n) is 3.83. The first kappa shape index (κ1) is 14.8. The van der Waals surface area contributed by atoms with Crippen LogP contribution < -0.4 is 10.2 Å². The van der Waals surface area contributed by atoms with E-state index in [1.54, 1.807) is 0 Å². The summed E-state index contributed by atoms with van der Waals surface area (Å²) in [6.07, 6.45) is 5.68. The highest BCUT2D eigenvalue weighted by atomic mass is 79.9. The number of hydrogen-bond acceptors (Lipinski definition) is 3. The minimum atomic E-state index is 0.833. The Morgan fingerprint density at radius 1 is 1.42 bits per heavy atom. The lowest BCUT2D eigenvalue weighted by molar-refractivity contribution is 0.382. The van der Waals surface area contributed by atoms with E-state index in [4.69, 9.17) is 0 Å². The van der Waals surface area contributed by atoms with Crippen molar-refractivity contribution in [3.8, 4) is 0 Å². The van der Waals surface area contributed by atoms with Gasteiger partial charge in [0.1, 0.15) is 5.82 Å². The Morgan fingerprint density at radius 3 is 2.79 bits per heavy atom. The van der Waals surface area contributed by atoms with E-state index in [-0.39, 0.29) is 0 Å². The van der Waals surface area contributed by atoms with Gasteiger partial charge in [0.05, 0.1) is 0 Å². The molecule has 2 rings (SSSR count). The monoisotopic (exact) mass is 325 g/mol. The molecule has 0 amide bonds. The second kappa shape index (κ2) is 7.25. The summed E-state index contributed by atoms with van der Waals surface area (Å²) in [5.41, 5.74) is 1.26. The minimum Gasteiger partial charge on any atom is -0.357 e. The molecule has 1 fully saturated rings. The molecule has 0 atom stereocenters. The Bertz CT molecular complexity index is 400. The summed E-state index contributed by atoms with van der Waals surface area (Å²) in [5.74, 6) is 1.96. The van der Waals surface area contributed by atoms with Gasteiger partial charge in [0.2, 0.25) is 0 Å². The first-order valence-electron chi connectivity index (χ1n) is 7.28. The lowest BCUT2D eigenvalue weighted by Gasteiger charge is -2.33. The van der Waals surface area contributed by atoms with Gasteiger partial charge in [-0.2, -0.15) is 0 Å². The zero-order valence-corrected chi connectivity index (χ0v) is 13.5. The summed E-state index contributed by atoms with van der Waals surface area (Å²) in [7, 11) is 0. The van der Waals surface area contributed by atoms with E-state index in [9.17, 15) is 0 Å². The van der Waals surface area contributed by atoms with Gasteiger partial charge in [-0.3, -0.25) is 0 Å². The van der Waals surface area contributed by atoms with Crippen LogP contribution in [0.1, 0.15) is 31.7 Å². The molecule has 3 nitrogen and oxygen atoms in total. The number of nitrogens with one attached hydrogen (secondary N) is 1. The maximum Gasteiger partial charge on any atom is 0.128 e. The molecule has 1 saturated heterocycles. The number of halogens is 1. The Labute approximate surface area is 124 Å². The third-order valence-corrected chi connectivity index (χ3v) is 4.66. The van der Waals surface area contributed by atoms with Crippen LogP contribution in [0.25, 0.3) is 0 Å². The zero-order chi connectivity index (χ0) is 13.7. The second-order valence-corrected chi connectivity index (χ2v) is 6.28. The first-order valence-corrected chi connectivity index (χ1v) is 8.07. The van der Waals surface area contributed by atoms with Gasteiger partial charge < -0.3 is 10.2 Å². The molecule has 2 heterocycles. The number of piperidine rings is 1. The molecule has 0 aromatic carbocycles. The fourth-order valence-electron chi connectivity index (χ4n) is 2.55. The van der Waals surface area contributed by atoms with Crippen LogP contribution in [0.15, 0.2) is 16.7 Å². The molecular weight excluding hydrogens is 302 g/mol. The van der Waals surface area contributed by atoms with E-state index < -0.39 is 0 Å². The van der Waals surface area contributed by atoms with Crippen LogP contribution in [0, 0.1) is 12.8 Å². The minimum absolute atomic E-state index is 0.833. The van der Waals surface area contributed by atoms with Gasteiger partial charge >= 0.3 is 0 Å². The average Bonchev–Trinajstić information content (AvgIpc) is 2.43. The summed E-state index contributed by atoms with van der Waals surface area (Å²) in [4.78, 5) is 6.94. The number of rotatable bonds is 5. The van der Waals surface area contributed by atoms with Gasteiger partial charge in [-0.05, 0) is 72.8 Å². The summed E-state index contributed by atoms with van der Waals surface area (Å²) in [6.45, 7) is 8.93. The van der Waals surface area contributed by atoms with Gasteiger partial charge in [-0.1, -0.05) is 6.92 Å². The Morgan fingerprint density at radius 2 is 2.16 bits per heavy atom. The number of nitrogens with zero attached hydrogens (tertiary/aromatic N) is 2. The molecule has 4 heteroatoms. The van der Waals surface area contributed by atoms with Gasteiger partial charge in [0.15, 0.2) is 0 Å². The molecule has 0 radical (unpaired) electrons. The summed E-state index contributed by atoms with van der Waals surface area (Å²) in [5, 5.41) is 3.54. The fourth-order valence-corrected chi connectivity index (χ4v) is 2.76. The van der Waals surface area contributed by atoms with Gasteiger partial charge in [0, 0.05) is 23.8 Å². The number of hydrogen-bond donors (Lipinski definition) is 1. The predicted octanol–water partition coefficient (Wildman–Crippen LogP) is 3.37. The van der Waals surface area contributed by atoms with Crippen LogP contribution in [-0.4, -0.2) is 31.2 Å². The highest BCUT2D eigenvalue weighted by Crippen LogP contribution is 2.24. The molecular formula is C15H24BrN3. The molecule has 1 aliphatic rings. The molecule has 106 valence electrons. The molecule has 1 N–H and O–H groups in total. The molecule has 0 unspecified atom stereocenters. The van der Waals surface area contributed by atoms with Crippen molar-refractivity contribution in [2.45, 2.75) is 33.1 Å². The van der Waals surface area contributed by atoms with E-state index in [2.05, 4.69) is 51.0 Å². The van der Waals surface area contributed by atoms with Gasteiger partial charge in [0.25, 0.3) is 0 Å². The smallest absolute Gasteiger partial charge is 0.128 e. The van der Waals surface area contributed by atoms with Crippen molar-refractivity contribution in [2.75, 3.05) is 31.1 Å². The van der Waals surface area contributed by atoms with Crippen LogP contribution >= 0.6 is 15.9 Å². The average molecular weight is 326 g/mol. The van der Waals surface area contributed by atoms with Crippen molar-refractivity contribution in [3.05, 3.63) is 22.3 Å². The van der Waals surface area contributed by atoms with Crippen molar-refractivity contribution < 1.29 is 0 Å². The Kier molecular flexibility index (Phi) is 5.64. The van der Waals surface area contributed by atoms with Gasteiger partial charge in [-0.25, -0.2) is 4.98 Å². The van der Waals surface area contributed by atoms with E-state index >= 15 is 0 Å². The molecule has 1 aromatic rings. The van der Waals surface area contributed by atoms with Crippen LogP contribution in [0.2, 0.25) is 0 Å². The van der Waals surface area contributed by atoms with E-state index in [0.29, 0.717) is 0 Å². The maximum absolute atomic E-state index is 4.53. The van der Waals surface area contributed by atoms with Gasteiger partial charge in [-0.15, -0.1) is 0 Å². The number of aryl methyl sites for hydroxylation is 1. The van der Waals surface area contributed by atoms with Crippen LogP contribution in [-0.2, 0) is 0 Å². The SMILES string of the molecule is CCCNCC1CCN(c2cc(C)c(Br)cn2)CC1. The van der Waals surface area contributed by atoms with Crippen molar-refractivity contribution in [3.63, 3.8) is 0 Å². The lowest BCUT2D eigenvalue weighted by Crippen LogP contribution is -2.37. The van der Waals surface area contributed by atoms with E-state index in [1.807, 2.05) is 6.20 Å². The lowest BCUT2D eigenvalue weighted by atomic mass is 9.96. The molecule has 19 heavy (non-hydrogen) atoms. The van der Waals surface area contributed by atoms with Crippen molar-refractivity contribution in [2.24, 2.45) is 5.92 Å². The topological polar surface area (TPSA) is 28.2 Å².